The van der Waals surface area contributed by atoms with Crippen LogP contribution in [0.1, 0.15) is 6.92 Å². The number of piperazine rings is 1. The molecule has 1 aromatic heterocycles. The predicted molar refractivity (Wildman–Crippen MR) is 76.1 cm³/mol. The van der Waals surface area contributed by atoms with Gasteiger partial charge in [0.2, 0.25) is 11.8 Å². The number of hydrogen-bond donors (Lipinski definition) is 2. The summed E-state index contributed by atoms with van der Waals surface area (Å²) in [6.07, 6.45) is 0. The molecule has 0 aliphatic carbocycles. The maximum absolute atomic E-state index is 11.7. The highest BCUT2D eigenvalue weighted by Crippen LogP contribution is 2.22. The van der Waals surface area contributed by atoms with Gasteiger partial charge < -0.3 is 10.6 Å². The average Bonchev–Trinajstić information content (AvgIpc) is 2.42. The van der Waals surface area contributed by atoms with Gasteiger partial charge in [-0.25, -0.2) is 4.98 Å². The Morgan fingerprint density at radius 1 is 1.30 bits per heavy atom. The number of fused-ring (bicyclic) bond motifs is 1. The normalized spacial score (nSPS) is 19.2. The fraction of sp³-hybridized carbons (Fsp3) is 0.214. The Balaban J connectivity index is 2.03. The van der Waals surface area contributed by atoms with Crippen molar-refractivity contribution in [3.05, 3.63) is 30.3 Å². The third-order valence-corrected chi connectivity index (χ3v) is 3.42. The first-order valence-corrected chi connectivity index (χ1v) is 6.31. The highest BCUT2D eigenvalue weighted by Gasteiger charge is 2.31. The van der Waals surface area contributed by atoms with Crippen LogP contribution in [-0.4, -0.2) is 29.4 Å². The number of nitrogen functional groups attached to an aromatic ring is 1. The van der Waals surface area contributed by atoms with Crippen LogP contribution < -0.4 is 16.0 Å². The van der Waals surface area contributed by atoms with E-state index in [1.807, 2.05) is 18.2 Å². The molecule has 1 aliphatic heterocycles. The fourth-order valence-electron chi connectivity index (χ4n) is 2.29. The number of benzene rings is 1. The van der Waals surface area contributed by atoms with E-state index >= 15 is 0 Å². The summed E-state index contributed by atoms with van der Waals surface area (Å²) in [6.45, 7) is 1.87. The van der Waals surface area contributed by atoms with Crippen LogP contribution in [0.2, 0.25) is 0 Å². The zero-order valence-electron chi connectivity index (χ0n) is 11.0. The molecule has 2 heterocycles. The molecule has 0 radical (unpaired) electrons. The number of nitrogens with one attached hydrogen (secondary N) is 1. The number of amides is 2. The van der Waals surface area contributed by atoms with Crippen molar-refractivity contribution in [2.45, 2.75) is 13.0 Å². The lowest BCUT2D eigenvalue weighted by Gasteiger charge is -2.32. The highest BCUT2D eigenvalue weighted by molar-refractivity contribution is 6.04. The largest absolute Gasteiger partial charge is 0.399 e. The van der Waals surface area contributed by atoms with E-state index in [0.29, 0.717) is 11.5 Å². The molecule has 3 rings (SSSR count). The van der Waals surface area contributed by atoms with Crippen LogP contribution in [0.5, 0.6) is 0 Å². The van der Waals surface area contributed by atoms with Gasteiger partial charge in [-0.05, 0) is 37.3 Å². The molecule has 0 saturated carbocycles. The Hall–Kier alpha value is -2.63. The number of nitrogens with zero attached hydrogens (tertiary/aromatic N) is 2. The lowest BCUT2D eigenvalue weighted by atomic mass is 10.1. The summed E-state index contributed by atoms with van der Waals surface area (Å²) in [5, 5.41) is 3.23. The second kappa shape index (κ2) is 4.48. The van der Waals surface area contributed by atoms with E-state index in [4.69, 9.17) is 5.73 Å². The molecule has 0 spiro atoms. The van der Waals surface area contributed by atoms with Crippen LogP contribution >= 0.6 is 0 Å². The highest BCUT2D eigenvalue weighted by atomic mass is 16.2. The maximum Gasteiger partial charge on any atom is 0.249 e. The Morgan fingerprint density at radius 3 is 2.90 bits per heavy atom. The van der Waals surface area contributed by atoms with Crippen LogP contribution in [0.4, 0.5) is 11.5 Å². The van der Waals surface area contributed by atoms with Gasteiger partial charge >= 0.3 is 0 Å². The molecule has 6 heteroatoms. The zero-order valence-corrected chi connectivity index (χ0v) is 11.0. The van der Waals surface area contributed by atoms with Crippen molar-refractivity contribution in [2.75, 3.05) is 17.2 Å². The molecular formula is C14H14N4O2. The lowest BCUT2D eigenvalue weighted by molar-refractivity contribution is -0.132. The lowest BCUT2D eigenvalue weighted by Crippen LogP contribution is -2.57. The average molecular weight is 270 g/mol. The van der Waals surface area contributed by atoms with Gasteiger partial charge in [-0.15, -0.1) is 0 Å². The maximum atomic E-state index is 11.7. The summed E-state index contributed by atoms with van der Waals surface area (Å²) >= 11 is 0. The van der Waals surface area contributed by atoms with E-state index in [9.17, 15) is 9.59 Å². The van der Waals surface area contributed by atoms with Gasteiger partial charge in [0.25, 0.3) is 0 Å². The minimum Gasteiger partial charge on any atom is -0.399 e. The number of carbonyl (C=O) groups is 2. The molecule has 6 nitrogen and oxygen atoms in total. The van der Waals surface area contributed by atoms with Crippen LogP contribution in [0.25, 0.3) is 10.9 Å². The van der Waals surface area contributed by atoms with Crippen molar-refractivity contribution in [3.8, 4) is 0 Å². The number of rotatable bonds is 1. The first-order chi connectivity index (χ1) is 9.54. The molecule has 1 fully saturated rings. The Kier molecular flexibility index (Phi) is 2.78. The zero-order chi connectivity index (χ0) is 14.3. The van der Waals surface area contributed by atoms with E-state index < -0.39 is 6.04 Å². The van der Waals surface area contributed by atoms with E-state index in [1.54, 1.807) is 24.0 Å². The van der Waals surface area contributed by atoms with Crippen molar-refractivity contribution in [3.63, 3.8) is 0 Å². The molecule has 1 saturated heterocycles. The van der Waals surface area contributed by atoms with Crippen molar-refractivity contribution in [1.82, 2.24) is 10.3 Å². The van der Waals surface area contributed by atoms with Gasteiger partial charge in [0.1, 0.15) is 11.9 Å². The molecule has 2 amide bonds. The van der Waals surface area contributed by atoms with Crippen molar-refractivity contribution < 1.29 is 9.59 Å². The monoisotopic (exact) mass is 270 g/mol. The standard InChI is InChI=1S/C14H14N4O2/c1-8-14(20)17-13(19)7-18(8)12-5-2-9-6-10(15)3-4-11(9)16-12/h2-6,8H,7,15H2,1H3,(H,17,19,20). The molecule has 2 aromatic rings. The summed E-state index contributed by atoms with van der Waals surface area (Å²) in [7, 11) is 0. The summed E-state index contributed by atoms with van der Waals surface area (Å²) in [4.78, 5) is 29.4. The van der Waals surface area contributed by atoms with Crippen molar-refractivity contribution >= 4 is 34.2 Å². The molecule has 102 valence electrons. The molecule has 0 bridgehead atoms. The summed E-state index contributed by atoms with van der Waals surface area (Å²) in [5.41, 5.74) is 7.18. The van der Waals surface area contributed by atoms with Crippen LogP contribution in [-0.2, 0) is 9.59 Å². The first kappa shape index (κ1) is 12.4. The molecular weight excluding hydrogens is 256 g/mol. The molecule has 1 aliphatic rings. The number of nitrogens with two attached hydrogens (primary N) is 1. The van der Waals surface area contributed by atoms with Crippen LogP contribution in [0.3, 0.4) is 0 Å². The van der Waals surface area contributed by atoms with Gasteiger partial charge in [-0.3, -0.25) is 14.9 Å². The number of hydrogen-bond acceptors (Lipinski definition) is 5. The predicted octanol–water partition coefficient (Wildman–Crippen LogP) is 0.668. The third-order valence-electron chi connectivity index (χ3n) is 3.42. The molecule has 3 N–H and O–H groups in total. The van der Waals surface area contributed by atoms with Gasteiger partial charge in [0, 0.05) is 11.1 Å². The van der Waals surface area contributed by atoms with E-state index in [1.165, 1.54) is 0 Å². The first-order valence-electron chi connectivity index (χ1n) is 6.31. The minimum absolute atomic E-state index is 0.125. The third kappa shape index (κ3) is 2.05. The second-order valence-electron chi connectivity index (χ2n) is 4.84. The molecule has 1 aromatic carbocycles. The fourth-order valence-corrected chi connectivity index (χ4v) is 2.29. The number of carbonyl (C=O) groups excluding carboxylic acids is 2. The van der Waals surface area contributed by atoms with Crippen LogP contribution in [0.15, 0.2) is 30.3 Å². The van der Waals surface area contributed by atoms with E-state index in [2.05, 4.69) is 10.3 Å². The topological polar surface area (TPSA) is 88.3 Å². The quantitative estimate of drug-likeness (QED) is 0.587. The Bertz CT molecular complexity index is 713. The van der Waals surface area contributed by atoms with E-state index in [0.717, 1.165) is 10.9 Å². The number of imide groups is 1. The van der Waals surface area contributed by atoms with Crippen molar-refractivity contribution in [2.24, 2.45) is 0 Å². The van der Waals surface area contributed by atoms with Gasteiger partial charge in [0.05, 0.1) is 12.1 Å². The smallest absolute Gasteiger partial charge is 0.249 e. The van der Waals surface area contributed by atoms with Gasteiger partial charge in [0.15, 0.2) is 0 Å². The number of pyridine rings is 1. The molecule has 1 unspecified atom stereocenters. The Morgan fingerprint density at radius 2 is 2.10 bits per heavy atom. The van der Waals surface area contributed by atoms with Gasteiger partial charge in [-0.1, -0.05) is 0 Å². The number of anilines is 2. The van der Waals surface area contributed by atoms with Crippen molar-refractivity contribution in [1.29, 1.82) is 0 Å². The summed E-state index contributed by atoms with van der Waals surface area (Å²) < 4.78 is 0. The number of aromatic nitrogens is 1. The minimum atomic E-state index is -0.425. The van der Waals surface area contributed by atoms with Crippen LogP contribution in [0, 0.1) is 0 Å². The molecule has 1 atom stereocenters. The van der Waals surface area contributed by atoms with Gasteiger partial charge in [-0.2, -0.15) is 0 Å². The summed E-state index contributed by atoms with van der Waals surface area (Å²) in [5.74, 6) is -0.00859. The summed E-state index contributed by atoms with van der Waals surface area (Å²) in [6, 6.07) is 8.69. The SMILES string of the molecule is CC1C(=O)NC(=O)CN1c1ccc2cc(N)ccc2n1. The second-order valence-corrected chi connectivity index (χ2v) is 4.84. The Labute approximate surface area is 115 Å². The van der Waals surface area contributed by atoms with E-state index in [-0.39, 0.29) is 18.4 Å². The molecule has 20 heavy (non-hydrogen) atoms.